The van der Waals surface area contributed by atoms with E-state index in [0.717, 1.165) is 18.8 Å². The van der Waals surface area contributed by atoms with Crippen LogP contribution in [0.2, 0.25) is 0 Å². The van der Waals surface area contributed by atoms with Crippen LogP contribution in [0, 0.1) is 5.92 Å². The summed E-state index contributed by atoms with van der Waals surface area (Å²) in [6.45, 7) is 5.29. The van der Waals surface area contributed by atoms with Crippen LogP contribution in [0.5, 0.6) is 5.75 Å². The van der Waals surface area contributed by atoms with Crippen molar-refractivity contribution in [2.24, 2.45) is 5.92 Å². The fourth-order valence-electron chi connectivity index (χ4n) is 2.60. The summed E-state index contributed by atoms with van der Waals surface area (Å²) in [6.07, 6.45) is 3.55. The van der Waals surface area contributed by atoms with E-state index in [1.807, 2.05) is 12.1 Å². The highest BCUT2D eigenvalue weighted by Crippen LogP contribution is 2.29. The van der Waals surface area contributed by atoms with Gasteiger partial charge in [0.1, 0.15) is 5.75 Å². The first-order valence-corrected chi connectivity index (χ1v) is 7.61. The zero-order valence-electron chi connectivity index (χ0n) is 12.4. The quantitative estimate of drug-likeness (QED) is 0.670. The number of aliphatic hydroxyl groups excluding tert-OH is 1. The first-order valence-electron chi connectivity index (χ1n) is 7.61. The smallest absolute Gasteiger partial charge is 0.119 e. The first-order chi connectivity index (χ1) is 9.76. The molecular formula is C16H26N2O2. The van der Waals surface area contributed by atoms with Crippen molar-refractivity contribution in [2.45, 2.75) is 45.2 Å². The summed E-state index contributed by atoms with van der Waals surface area (Å²) in [7, 11) is 0. The minimum Gasteiger partial charge on any atom is -0.494 e. The van der Waals surface area contributed by atoms with Crippen LogP contribution >= 0.6 is 0 Å². The maximum Gasteiger partial charge on any atom is 0.119 e. The van der Waals surface area contributed by atoms with Crippen LogP contribution in [0.3, 0.4) is 0 Å². The van der Waals surface area contributed by atoms with Crippen molar-refractivity contribution < 1.29 is 9.84 Å². The molecular weight excluding hydrogens is 252 g/mol. The lowest BCUT2D eigenvalue weighted by atomic mass is 9.91. The summed E-state index contributed by atoms with van der Waals surface area (Å²) >= 11 is 0. The van der Waals surface area contributed by atoms with E-state index in [9.17, 15) is 5.11 Å². The second kappa shape index (κ2) is 7.62. The average Bonchev–Trinajstić information content (AvgIpc) is 2.85. The molecule has 4 nitrogen and oxygen atoms in total. The molecule has 0 radical (unpaired) electrons. The van der Waals surface area contributed by atoms with Gasteiger partial charge in [0.05, 0.1) is 19.3 Å². The molecule has 0 bridgehead atoms. The van der Waals surface area contributed by atoms with Crippen LogP contribution in [-0.2, 0) is 0 Å². The van der Waals surface area contributed by atoms with Gasteiger partial charge in [-0.05, 0) is 30.0 Å². The standard InChI is InChI=1S/C16H26N2O2/c1-3-4-5-10-20-14-8-6-13(7-9-14)16-12(2)15(11-19)17-18-16/h6-9,12,15-19H,3-5,10-11H2,1-2H3. The lowest BCUT2D eigenvalue weighted by Gasteiger charge is -2.17. The highest BCUT2D eigenvalue weighted by Gasteiger charge is 2.32. The zero-order valence-corrected chi connectivity index (χ0v) is 12.4. The molecule has 0 saturated carbocycles. The second-order valence-corrected chi connectivity index (χ2v) is 5.54. The van der Waals surface area contributed by atoms with E-state index in [-0.39, 0.29) is 18.7 Å². The van der Waals surface area contributed by atoms with Gasteiger partial charge in [-0.25, -0.2) is 5.43 Å². The molecule has 112 valence electrons. The van der Waals surface area contributed by atoms with E-state index in [1.54, 1.807) is 0 Å². The molecule has 1 saturated heterocycles. The number of benzene rings is 1. The van der Waals surface area contributed by atoms with E-state index in [0.29, 0.717) is 5.92 Å². The van der Waals surface area contributed by atoms with Gasteiger partial charge in [0.2, 0.25) is 0 Å². The monoisotopic (exact) mass is 278 g/mol. The zero-order chi connectivity index (χ0) is 14.4. The third-order valence-corrected chi connectivity index (χ3v) is 4.04. The molecule has 3 N–H and O–H groups in total. The molecule has 1 aliphatic heterocycles. The van der Waals surface area contributed by atoms with Crippen molar-refractivity contribution in [1.82, 2.24) is 10.9 Å². The summed E-state index contributed by atoms with van der Waals surface area (Å²) < 4.78 is 5.72. The number of hydrogen-bond acceptors (Lipinski definition) is 4. The van der Waals surface area contributed by atoms with E-state index >= 15 is 0 Å². The minimum atomic E-state index is 0.116. The molecule has 20 heavy (non-hydrogen) atoms. The van der Waals surface area contributed by atoms with E-state index in [2.05, 4.69) is 36.8 Å². The highest BCUT2D eigenvalue weighted by atomic mass is 16.5. The first kappa shape index (κ1) is 15.3. The van der Waals surface area contributed by atoms with Crippen molar-refractivity contribution >= 4 is 0 Å². The number of nitrogens with one attached hydrogen (secondary N) is 2. The Balaban J connectivity index is 1.88. The molecule has 3 atom stereocenters. The van der Waals surface area contributed by atoms with Crippen LogP contribution in [0.1, 0.15) is 44.7 Å². The fourth-order valence-corrected chi connectivity index (χ4v) is 2.60. The molecule has 0 amide bonds. The molecule has 3 unspecified atom stereocenters. The third kappa shape index (κ3) is 3.72. The Labute approximate surface area is 121 Å². The summed E-state index contributed by atoms with van der Waals surface area (Å²) in [6, 6.07) is 8.62. The average molecular weight is 278 g/mol. The molecule has 1 aromatic carbocycles. The minimum absolute atomic E-state index is 0.116. The highest BCUT2D eigenvalue weighted by molar-refractivity contribution is 5.30. The summed E-state index contributed by atoms with van der Waals surface area (Å²) in [4.78, 5) is 0. The van der Waals surface area contributed by atoms with Crippen LogP contribution < -0.4 is 15.6 Å². The van der Waals surface area contributed by atoms with Crippen molar-refractivity contribution in [3.8, 4) is 5.75 Å². The Bertz CT molecular complexity index is 394. The van der Waals surface area contributed by atoms with Gasteiger partial charge in [-0.15, -0.1) is 0 Å². The van der Waals surface area contributed by atoms with Gasteiger partial charge in [-0.2, -0.15) is 0 Å². The predicted molar refractivity (Wildman–Crippen MR) is 80.5 cm³/mol. The van der Waals surface area contributed by atoms with Crippen LogP contribution in [-0.4, -0.2) is 24.4 Å². The number of aliphatic hydroxyl groups is 1. The maximum absolute atomic E-state index is 9.26. The van der Waals surface area contributed by atoms with Crippen molar-refractivity contribution in [3.05, 3.63) is 29.8 Å². The second-order valence-electron chi connectivity index (χ2n) is 5.54. The third-order valence-electron chi connectivity index (χ3n) is 4.04. The molecule has 1 heterocycles. The Morgan fingerprint density at radius 2 is 1.90 bits per heavy atom. The number of hydrogen-bond donors (Lipinski definition) is 3. The van der Waals surface area contributed by atoms with Gasteiger partial charge in [-0.1, -0.05) is 38.8 Å². The van der Waals surface area contributed by atoms with Gasteiger partial charge in [0.15, 0.2) is 0 Å². The topological polar surface area (TPSA) is 53.5 Å². The van der Waals surface area contributed by atoms with Crippen molar-refractivity contribution in [1.29, 1.82) is 0 Å². The lowest BCUT2D eigenvalue weighted by molar-refractivity contribution is 0.228. The normalized spacial score (nSPS) is 25.9. The number of hydrazine groups is 1. The van der Waals surface area contributed by atoms with E-state index in [1.165, 1.54) is 18.4 Å². The largest absolute Gasteiger partial charge is 0.494 e. The van der Waals surface area contributed by atoms with Crippen LogP contribution in [0.25, 0.3) is 0 Å². The number of unbranched alkanes of at least 4 members (excludes halogenated alkanes) is 2. The van der Waals surface area contributed by atoms with Crippen molar-refractivity contribution in [2.75, 3.05) is 13.2 Å². The molecule has 4 heteroatoms. The lowest BCUT2D eigenvalue weighted by Crippen LogP contribution is -2.34. The summed E-state index contributed by atoms with van der Waals surface area (Å²) in [5, 5.41) is 9.26. The molecule has 0 aromatic heterocycles. The van der Waals surface area contributed by atoms with E-state index in [4.69, 9.17) is 4.74 Å². The summed E-state index contributed by atoms with van der Waals surface area (Å²) in [5.41, 5.74) is 7.61. The maximum atomic E-state index is 9.26. The van der Waals surface area contributed by atoms with Crippen molar-refractivity contribution in [3.63, 3.8) is 0 Å². The van der Waals surface area contributed by atoms with Gasteiger partial charge in [0, 0.05) is 6.04 Å². The molecule has 2 rings (SSSR count). The molecule has 0 aliphatic carbocycles. The molecule has 0 spiro atoms. The van der Waals surface area contributed by atoms with Gasteiger partial charge >= 0.3 is 0 Å². The Kier molecular flexibility index (Phi) is 5.83. The molecule has 1 fully saturated rings. The van der Waals surface area contributed by atoms with E-state index < -0.39 is 0 Å². The van der Waals surface area contributed by atoms with Crippen LogP contribution in [0.4, 0.5) is 0 Å². The predicted octanol–water partition coefficient (Wildman–Crippen LogP) is 2.40. The fraction of sp³-hybridized carbons (Fsp3) is 0.625. The summed E-state index contributed by atoms with van der Waals surface area (Å²) in [5.74, 6) is 1.29. The SMILES string of the molecule is CCCCCOc1ccc(C2NNC(CO)C2C)cc1. The Morgan fingerprint density at radius 1 is 1.15 bits per heavy atom. The van der Waals surface area contributed by atoms with Gasteiger partial charge < -0.3 is 9.84 Å². The number of ether oxygens (including phenoxy) is 1. The molecule has 1 aliphatic rings. The van der Waals surface area contributed by atoms with Crippen LogP contribution in [0.15, 0.2) is 24.3 Å². The Morgan fingerprint density at radius 3 is 2.50 bits per heavy atom. The van der Waals surface area contributed by atoms with Gasteiger partial charge in [0.25, 0.3) is 0 Å². The van der Waals surface area contributed by atoms with Gasteiger partial charge in [-0.3, -0.25) is 5.43 Å². The molecule has 1 aromatic rings. The number of rotatable bonds is 7. The Hall–Kier alpha value is -1.10.